The van der Waals surface area contributed by atoms with Crippen molar-refractivity contribution >= 4 is 0 Å². The maximum atomic E-state index is 9.53. The first-order chi connectivity index (χ1) is 7.81. The molecule has 2 rings (SSSR count). The minimum Gasteiger partial charge on any atom is -0.507 e. The number of aromatic hydroxyl groups is 1. The summed E-state index contributed by atoms with van der Waals surface area (Å²) in [6.45, 7) is 0. The zero-order valence-corrected chi connectivity index (χ0v) is 8.59. The average Bonchev–Trinajstić information content (AvgIpc) is 2.31. The lowest BCUT2D eigenvalue weighted by Gasteiger charge is -2.05. The van der Waals surface area contributed by atoms with Crippen LogP contribution in [0.15, 0.2) is 42.7 Å². The zero-order chi connectivity index (χ0) is 11.4. The van der Waals surface area contributed by atoms with Gasteiger partial charge in [0.05, 0.1) is 5.56 Å². The van der Waals surface area contributed by atoms with Gasteiger partial charge in [-0.05, 0) is 23.3 Å². The van der Waals surface area contributed by atoms with Crippen LogP contribution < -0.4 is 0 Å². The Balaban J connectivity index is 2.36. The number of rotatable bonds is 2. The van der Waals surface area contributed by atoms with Crippen LogP contribution in [0.1, 0.15) is 16.7 Å². The van der Waals surface area contributed by atoms with Gasteiger partial charge in [-0.3, -0.25) is 4.98 Å². The molecule has 78 valence electrons. The van der Waals surface area contributed by atoms with Crippen molar-refractivity contribution in [2.45, 2.75) is 6.42 Å². The Bertz CT molecular complexity index is 529. The van der Waals surface area contributed by atoms with E-state index in [0.717, 1.165) is 11.1 Å². The van der Waals surface area contributed by atoms with E-state index in [4.69, 9.17) is 5.26 Å². The van der Waals surface area contributed by atoms with Crippen molar-refractivity contribution in [3.63, 3.8) is 0 Å². The Morgan fingerprint density at radius 2 is 2.12 bits per heavy atom. The van der Waals surface area contributed by atoms with Crippen molar-refractivity contribution in [3.8, 4) is 11.8 Å². The largest absolute Gasteiger partial charge is 0.507 e. The molecule has 0 bridgehead atoms. The van der Waals surface area contributed by atoms with Gasteiger partial charge in [-0.1, -0.05) is 18.2 Å². The van der Waals surface area contributed by atoms with Crippen molar-refractivity contribution in [2.75, 3.05) is 0 Å². The summed E-state index contributed by atoms with van der Waals surface area (Å²) in [5.74, 6) is 0.0314. The standard InChI is InChI=1S/C13H10N2O/c14-8-12-11(4-1-5-13(12)16)7-10-3-2-6-15-9-10/h1-6,9,16H,7H2. The van der Waals surface area contributed by atoms with Gasteiger partial charge in [-0.15, -0.1) is 0 Å². The summed E-state index contributed by atoms with van der Waals surface area (Å²) in [5, 5.41) is 18.5. The minimum atomic E-state index is 0.0314. The Morgan fingerprint density at radius 3 is 2.81 bits per heavy atom. The molecule has 3 nitrogen and oxygen atoms in total. The second kappa shape index (κ2) is 4.45. The van der Waals surface area contributed by atoms with E-state index in [0.29, 0.717) is 12.0 Å². The maximum absolute atomic E-state index is 9.53. The van der Waals surface area contributed by atoms with Crippen LogP contribution in [-0.2, 0) is 6.42 Å². The van der Waals surface area contributed by atoms with E-state index < -0.39 is 0 Å². The van der Waals surface area contributed by atoms with Crippen molar-refractivity contribution in [1.29, 1.82) is 5.26 Å². The molecule has 0 unspecified atom stereocenters. The first-order valence-electron chi connectivity index (χ1n) is 4.91. The maximum Gasteiger partial charge on any atom is 0.133 e. The van der Waals surface area contributed by atoms with Crippen molar-refractivity contribution in [2.24, 2.45) is 0 Å². The van der Waals surface area contributed by atoms with Gasteiger partial charge in [0.25, 0.3) is 0 Å². The molecule has 0 aliphatic carbocycles. The summed E-state index contributed by atoms with van der Waals surface area (Å²) >= 11 is 0. The number of benzene rings is 1. The number of phenols is 1. The molecule has 3 heteroatoms. The van der Waals surface area contributed by atoms with Gasteiger partial charge in [0.1, 0.15) is 11.8 Å². The summed E-state index contributed by atoms with van der Waals surface area (Å²) in [6, 6.07) is 10.9. The molecular formula is C13H10N2O. The SMILES string of the molecule is N#Cc1c(O)cccc1Cc1cccnc1. The van der Waals surface area contributed by atoms with Crippen LogP contribution in [0.2, 0.25) is 0 Å². The molecule has 0 fully saturated rings. The summed E-state index contributed by atoms with van der Waals surface area (Å²) in [5.41, 5.74) is 2.17. The predicted octanol–water partition coefficient (Wildman–Crippen LogP) is 2.25. The van der Waals surface area contributed by atoms with Crippen LogP contribution in [-0.4, -0.2) is 10.1 Å². The molecule has 0 aliphatic rings. The molecule has 0 spiro atoms. The summed E-state index contributed by atoms with van der Waals surface area (Å²) in [6.07, 6.45) is 4.06. The van der Waals surface area contributed by atoms with Gasteiger partial charge in [-0.2, -0.15) is 5.26 Å². The molecule has 1 heterocycles. The molecule has 0 saturated carbocycles. The van der Waals surface area contributed by atoms with E-state index in [2.05, 4.69) is 4.98 Å². The van der Waals surface area contributed by atoms with Crippen LogP contribution in [0, 0.1) is 11.3 Å². The number of hydrogen-bond acceptors (Lipinski definition) is 3. The highest BCUT2D eigenvalue weighted by Crippen LogP contribution is 2.21. The third-order valence-electron chi connectivity index (χ3n) is 2.36. The quantitative estimate of drug-likeness (QED) is 0.827. The fourth-order valence-corrected chi connectivity index (χ4v) is 1.59. The van der Waals surface area contributed by atoms with Gasteiger partial charge in [0.15, 0.2) is 0 Å². The second-order valence-corrected chi connectivity index (χ2v) is 3.46. The number of phenolic OH excluding ortho intramolecular Hbond substituents is 1. The number of pyridine rings is 1. The lowest BCUT2D eigenvalue weighted by Crippen LogP contribution is -1.93. The Morgan fingerprint density at radius 1 is 1.25 bits per heavy atom. The Labute approximate surface area is 93.6 Å². The van der Waals surface area contributed by atoms with Gasteiger partial charge in [0.2, 0.25) is 0 Å². The fourth-order valence-electron chi connectivity index (χ4n) is 1.59. The van der Waals surface area contributed by atoms with Gasteiger partial charge in [0, 0.05) is 18.8 Å². The first kappa shape index (κ1) is 10.2. The lowest BCUT2D eigenvalue weighted by molar-refractivity contribution is 0.473. The van der Waals surface area contributed by atoms with E-state index in [9.17, 15) is 5.11 Å². The van der Waals surface area contributed by atoms with E-state index in [-0.39, 0.29) is 5.75 Å². The van der Waals surface area contributed by atoms with E-state index in [1.54, 1.807) is 18.5 Å². The fraction of sp³-hybridized carbons (Fsp3) is 0.0769. The zero-order valence-electron chi connectivity index (χ0n) is 8.59. The molecule has 1 aromatic heterocycles. The Kier molecular flexibility index (Phi) is 2.84. The molecule has 2 aromatic rings. The van der Waals surface area contributed by atoms with E-state index >= 15 is 0 Å². The first-order valence-corrected chi connectivity index (χ1v) is 4.91. The molecule has 1 aromatic carbocycles. The molecule has 0 saturated heterocycles. The van der Waals surface area contributed by atoms with E-state index in [1.165, 1.54) is 6.07 Å². The molecule has 0 aliphatic heterocycles. The average molecular weight is 210 g/mol. The van der Waals surface area contributed by atoms with Crippen LogP contribution in [0.4, 0.5) is 0 Å². The topological polar surface area (TPSA) is 56.9 Å². The van der Waals surface area contributed by atoms with Crippen molar-refractivity contribution in [3.05, 3.63) is 59.4 Å². The number of hydrogen-bond donors (Lipinski definition) is 1. The van der Waals surface area contributed by atoms with Crippen LogP contribution >= 0.6 is 0 Å². The summed E-state index contributed by atoms with van der Waals surface area (Å²) in [7, 11) is 0. The minimum absolute atomic E-state index is 0.0314. The molecule has 0 atom stereocenters. The summed E-state index contributed by atoms with van der Waals surface area (Å²) in [4.78, 5) is 4.01. The number of aromatic nitrogens is 1. The highest BCUT2D eigenvalue weighted by atomic mass is 16.3. The van der Waals surface area contributed by atoms with E-state index in [1.807, 2.05) is 24.3 Å². The van der Waals surface area contributed by atoms with Gasteiger partial charge in [-0.25, -0.2) is 0 Å². The smallest absolute Gasteiger partial charge is 0.133 e. The van der Waals surface area contributed by atoms with Crippen molar-refractivity contribution in [1.82, 2.24) is 4.98 Å². The normalized spacial score (nSPS) is 9.69. The molecule has 1 N–H and O–H groups in total. The lowest BCUT2D eigenvalue weighted by atomic mass is 10.0. The Hall–Kier alpha value is -2.34. The second-order valence-electron chi connectivity index (χ2n) is 3.46. The highest BCUT2D eigenvalue weighted by molar-refractivity contribution is 5.49. The van der Waals surface area contributed by atoms with Crippen LogP contribution in [0.25, 0.3) is 0 Å². The van der Waals surface area contributed by atoms with Gasteiger partial charge < -0.3 is 5.11 Å². The van der Waals surface area contributed by atoms with Crippen molar-refractivity contribution < 1.29 is 5.11 Å². The molecular weight excluding hydrogens is 200 g/mol. The summed E-state index contributed by atoms with van der Waals surface area (Å²) < 4.78 is 0. The van der Waals surface area contributed by atoms with Crippen LogP contribution in [0.5, 0.6) is 5.75 Å². The molecule has 0 radical (unpaired) electrons. The number of nitrogens with zero attached hydrogens (tertiary/aromatic N) is 2. The third-order valence-corrected chi connectivity index (χ3v) is 2.36. The molecule has 16 heavy (non-hydrogen) atoms. The van der Waals surface area contributed by atoms with Gasteiger partial charge >= 0.3 is 0 Å². The monoisotopic (exact) mass is 210 g/mol. The predicted molar refractivity (Wildman–Crippen MR) is 59.9 cm³/mol. The molecule has 0 amide bonds. The highest BCUT2D eigenvalue weighted by Gasteiger charge is 2.07. The number of nitriles is 1. The third kappa shape index (κ3) is 2.01. The van der Waals surface area contributed by atoms with Crippen LogP contribution in [0.3, 0.4) is 0 Å².